The highest BCUT2D eigenvalue weighted by molar-refractivity contribution is 7.99. The first-order chi connectivity index (χ1) is 11.2. The molecule has 1 amide bonds. The minimum Gasteiger partial charge on any atom is -0.335 e. The van der Waals surface area contributed by atoms with Gasteiger partial charge in [-0.3, -0.25) is 4.79 Å². The predicted octanol–water partition coefficient (Wildman–Crippen LogP) is 5.64. The molecule has 1 aromatic carbocycles. The van der Waals surface area contributed by atoms with Gasteiger partial charge >= 0.3 is 0 Å². The van der Waals surface area contributed by atoms with Crippen LogP contribution in [0.1, 0.15) is 36.6 Å². The molecule has 0 saturated carbocycles. The van der Waals surface area contributed by atoms with Crippen LogP contribution in [0.25, 0.3) is 0 Å². The summed E-state index contributed by atoms with van der Waals surface area (Å²) in [6.07, 6.45) is 3.78. The molecule has 2 nitrogen and oxygen atoms in total. The molecule has 1 aliphatic heterocycles. The number of hydrogen-bond acceptors (Lipinski definition) is 3. The molecule has 122 valence electrons. The van der Waals surface area contributed by atoms with Crippen LogP contribution in [-0.2, 0) is 4.79 Å². The second-order valence-electron chi connectivity index (χ2n) is 5.67. The van der Waals surface area contributed by atoms with Crippen molar-refractivity contribution in [3.63, 3.8) is 0 Å². The molecule has 1 unspecified atom stereocenters. The summed E-state index contributed by atoms with van der Waals surface area (Å²) < 4.78 is 0. The Balaban J connectivity index is 1.45. The summed E-state index contributed by atoms with van der Waals surface area (Å²) in [6.45, 7) is 0.908. The first-order valence-electron chi connectivity index (χ1n) is 7.95. The first kappa shape index (κ1) is 16.9. The summed E-state index contributed by atoms with van der Waals surface area (Å²) in [7, 11) is 0. The molecule has 0 aliphatic carbocycles. The Bertz CT molecular complexity index is 627. The molecule has 1 saturated heterocycles. The molecule has 2 aromatic rings. The number of carbonyl (C=O) groups excluding carboxylic acids is 1. The molecule has 1 fully saturated rings. The van der Waals surface area contributed by atoms with Crippen LogP contribution in [0.4, 0.5) is 0 Å². The Morgan fingerprint density at radius 2 is 2.13 bits per heavy atom. The van der Waals surface area contributed by atoms with Crippen LogP contribution >= 0.6 is 34.7 Å². The zero-order valence-electron chi connectivity index (χ0n) is 12.9. The monoisotopic (exact) mass is 365 g/mol. The Kier molecular flexibility index (Phi) is 6.03. The van der Waals surface area contributed by atoms with Crippen molar-refractivity contribution in [1.82, 2.24) is 4.90 Å². The van der Waals surface area contributed by atoms with Crippen molar-refractivity contribution in [3.05, 3.63) is 51.7 Å². The molecule has 2 heterocycles. The zero-order chi connectivity index (χ0) is 16.1. The van der Waals surface area contributed by atoms with E-state index in [2.05, 4.69) is 22.4 Å². The molecule has 5 heteroatoms. The lowest BCUT2D eigenvalue weighted by molar-refractivity contribution is -0.132. The molecule has 0 N–H and O–H groups in total. The summed E-state index contributed by atoms with van der Waals surface area (Å²) in [4.78, 5) is 17.1. The van der Waals surface area contributed by atoms with Crippen LogP contribution < -0.4 is 0 Å². The summed E-state index contributed by atoms with van der Waals surface area (Å²) in [5.74, 6) is 1.27. The van der Waals surface area contributed by atoms with Gasteiger partial charge in [0.05, 0.1) is 6.04 Å². The van der Waals surface area contributed by atoms with Crippen molar-refractivity contribution in [2.24, 2.45) is 0 Å². The zero-order valence-corrected chi connectivity index (χ0v) is 15.3. The topological polar surface area (TPSA) is 20.3 Å². The van der Waals surface area contributed by atoms with Crippen LogP contribution in [0.15, 0.2) is 46.7 Å². The van der Waals surface area contributed by atoms with Crippen molar-refractivity contribution in [2.45, 2.75) is 36.6 Å². The van der Waals surface area contributed by atoms with E-state index in [1.165, 1.54) is 9.77 Å². The third-order valence-corrected chi connectivity index (χ3v) is 6.39. The third-order valence-electron chi connectivity index (χ3n) is 4.06. The van der Waals surface area contributed by atoms with Gasteiger partial charge in [-0.05, 0) is 60.7 Å². The van der Waals surface area contributed by atoms with E-state index in [0.717, 1.165) is 36.6 Å². The third kappa shape index (κ3) is 4.52. The lowest BCUT2D eigenvalue weighted by Crippen LogP contribution is -2.30. The van der Waals surface area contributed by atoms with E-state index in [1.807, 2.05) is 24.3 Å². The van der Waals surface area contributed by atoms with E-state index in [4.69, 9.17) is 11.6 Å². The first-order valence-corrected chi connectivity index (χ1v) is 10.2. The number of amides is 1. The lowest BCUT2D eigenvalue weighted by atomic mass is 10.2. The minimum absolute atomic E-state index is 0.303. The fourth-order valence-corrected chi connectivity index (χ4v) is 4.78. The molecule has 0 bridgehead atoms. The normalized spacial score (nSPS) is 17.6. The smallest absolute Gasteiger partial charge is 0.223 e. The molecule has 23 heavy (non-hydrogen) atoms. The van der Waals surface area contributed by atoms with E-state index in [0.29, 0.717) is 18.4 Å². The lowest BCUT2D eigenvalue weighted by Gasteiger charge is -2.24. The average Bonchev–Trinajstić information content (AvgIpc) is 3.23. The fraction of sp³-hybridized carbons (Fsp3) is 0.389. The van der Waals surface area contributed by atoms with Gasteiger partial charge in [-0.15, -0.1) is 23.1 Å². The number of thiophene rings is 1. The fourth-order valence-electron chi connectivity index (χ4n) is 2.93. The van der Waals surface area contributed by atoms with Crippen LogP contribution in [0.5, 0.6) is 0 Å². The van der Waals surface area contributed by atoms with E-state index in [1.54, 1.807) is 23.1 Å². The highest BCUT2D eigenvalue weighted by atomic mass is 35.5. The van der Waals surface area contributed by atoms with Crippen LogP contribution in [0, 0.1) is 0 Å². The summed E-state index contributed by atoms with van der Waals surface area (Å²) >= 11 is 9.43. The average molecular weight is 366 g/mol. The summed E-state index contributed by atoms with van der Waals surface area (Å²) in [6, 6.07) is 12.4. The van der Waals surface area contributed by atoms with Crippen molar-refractivity contribution in [3.8, 4) is 0 Å². The van der Waals surface area contributed by atoms with Gasteiger partial charge in [0.1, 0.15) is 0 Å². The van der Waals surface area contributed by atoms with E-state index < -0.39 is 0 Å². The second-order valence-corrected chi connectivity index (χ2v) is 8.25. The number of thioether (sulfide) groups is 1. The molecule has 1 aliphatic rings. The maximum atomic E-state index is 12.5. The van der Waals surface area contributed by atoms with Gasteiger partial charge < -0.3 is 4.90 Å². The van der Waals surface area contributed by atoms with E-state index in [-0.39, 0.29) is 0 Å². The van der Waals surface area contributed by atoms with Crippen LogP contribution in [0.2, 0.25) is 5.02 Å². The van der Waals surface area contributed by atoms with E-state index in [9.17, 15) is 4.79 Å². The van der Waals surface area contributed by atoms with E-state index >= 15 is 0 Å². The standard InChI is InChI=1S/C18H20ClNOS2/c19-14-7-9-15(10-8-14)22-12-3-6-18(21)20-11-1-4-16(20)17-5-2-13-23-17/h2,5,7-10,13,16H,1,3-4,6,11-12H2. The van der Waals surface area contributed by atoms with Crippen molar-refractivity contribution < 1.29 is 4.79 Å². The number of benzene rings is 1. The maximum Gasteiger partial charge on any atom is 0.223 e. The Morgan fingerprint density at radius 1 is 1.30 bits per heavy atom. The second kappa shape index (κ2) is 8.22. The van der Waals surface area contributed by atoms with Gasteiger partial charge in [0.2, 0.25) is 5.91 Å². The largest absolute Gasteiger partial charge is 0.335 e. The number of carbonyl (C=O) groups is 1. The maximum absolute atomic E-state index is 12.5. The summed E-state index contributed by atoms with van der Waals surface area (Å²) in [5.41, 5.74) is 0. The van der Waals surface area contributed by atoms with Gasteiger partial charge in [-0.25, -0.2) is 0 Å². The van der Waals surface area contributed by atoms with Crippen LogP contribution in [-0.4, -0.2) is 23.1 Å². The van der Waals surface area contributed by atoms with Gasteiger partial charge in [-0.2, -0.15) is 0 Å². The Labute approximate surface area is 150 Å². The highest BCUT2D eigenvalue weighted by Gasteiger charge is 2.29. The number of nitrogens with zero attached hydrogens (tertiary/aromatic N) is 1. The van der Waals surface area contributed by atoms with Gasteiger partial charge in [0, 0.05) is 27.8 Å². The Morgan fingerprint density at radius 3 is 2.87 bits per heavy atom. The minimum atomic E-state index is 0.303. The number of rotatable bonds is 6. The van der Waals surface area contributed by atoms with Crippen molar-refractivity contribution >= 4 is 40.6 Å². The van der Waals surface area contributed by atoms with Crippen molar-refractivity contribution in [2.75, 3.05) is 12.3 Å². The molecular formula is C18H20ClNOS2. The highest BCUT2D eigenvalue weighted by Crippen LogP contribution is 2.35. The summed E-state index contributed by atoms with van der Waals surface area (Å²) in [5, 5.41) is 2.86. The number of halogens is 1. The Hall–Kier alpha value is -0.970. The molecular weight excluding hydrogens is 346 g/mol. The van der Waals surface area contributed by atoms with Crippen molar-refractivity contribution in [1.29, 1.82) is 0 Å². The quantitative estimate of drug-likeness (QED) is 0.487. The number of likely N-dealkylation sites (tertiary alicyclic amines) is 1. The molecule has 0 spiro atoms. The molecule has 1 atom stereocenters. The molecule has 3 rings (SSSR count). The van der Waals surface area contributed by atoms with Gasteiger partial charge in [0.15, 0.2) is 0 Å². The molecule has 1 aromatic heterocycles. The number of hydrogen-bond donors (Lipinski definition) is 0. The van der Waals surface area contributed by atoms with Gasteiger partial charge in [0.25, 0.3) is 0 Å². The van der Waals surface area contributed by atoms with Crippen LogP contribution in [0.3, 0.4) is 0 Å². The van der Waals surface area contributed by atoms with Gasteiger partial charge in [-0.1, -0.05) is 17.7 Å². The molecule has 0 radical (unpaired) electrons. The predicted molar refractivity (Wildman–Crippen MR) is 99.4 cm³/mol. The SMILES string of the molecule is O=C(CCCSc1ccc(Cl)cc1)N1CCCC1c1cccs1.